The fraction of sp³-hybridized carbons (Fsp3) is 0.154. The minimum absolute atomic E-state index is 0.0611. The zero-order valence-corrected chi connectivity index (χ0v) is 11.1. The van der Waals surface area contributed by atoms with Crippen molar-refractivity contribution in [2.45, 2.75) is 12.5 Å². The Morgan fingerprint density at radius 2 is 2.05 bits per heavy atom. The summed E-state index contributed by atoms with van der Waals surface area (Å²) in [5.74, 6) is -0.867. The molecule has 0 aliphatic heterocycles. The number of hydrogen-bond donors (Lipinski definition) is 3. The van der Waals surface area contributed by atoms with Crippen molar-refractivity contribution in [1.82, 2.24) is 9.97 Å². The van der Waals surface area contributed by atoms with Gasteiger partial charge in [-0.2, -0.15) is 4.98 Å². The molecule has 4 N–H and O–H groups in total. The topological polar surface area (TPSA) is 109 Å². The van der Waals surface area contributed by atoms with Crippen LogP contribution < -0.4 is 11.3 Å². The highest BCUT2D eigenvalue weighted by molar-refractivity contribution is 6.30. The molecule has 0 fully saturated rings. The van der Waals surface area contributed by atoms with Gasteiger partial charge in [-0.05, 0) is 17.7 Å². The number of aromatic nitrogens is 2. The molecular formula is C13H12ClN3O3. The lowest BCUT2D eigenvalue weighted by Crippen LogP contribution is -2.27. The van der Waals surface area contributed by atoms with Crippen molar-refractivity contribution in [2.24, 2.45) is 5.73 Å². The van der Waals surface area contributed by atoms with Gasteiger partial charge >= 0.3 is 0 Å². The Morgan fingerprint density at radius 1 is 1.40 bits per heavy atom. The molecule has 7 heteroatoms. The van der Waals surface area contributed by atoms with Gasteiger partial charge in [-0.3, -0.25) is 9.59 Å². The van der Waals surface area contributed by atoms with Gasteiger partial charge < -0.3 is 15.8 Å². The first-order chi connectivity index (χ1) is 9.45. The summed E-state index contributed by atoms with van der Waals surface area (Å²) in [5, 5.41) is 9.81. The fourth-order valence-electron chi connectivity index (χ4n) is 1.68. The third kappa shape index (κ3) is 3.43. The van der Waals surface area contributed by atoms with E-state index in [1.165, 1.54) is 0 Å². The van der Waals surface area contributed by atoms with E-state index >= 15 is 0 Å². The van der Waals surface area contributed by atoms with Crippen molar-refractivity contribution < 1.29 is 9.90 Å². The average Bonchev–Trinajstić information content (AvgIpc) is 2.39. The van der Waals surface area contributed by atoms with E-state index in [1.807, 2.05) is 0 Å². The van der Waals surface area contributed by atoms with E-state index in [9.17, 15) is 14.7 Å². The molecule has 6 nitrogen and oxygen atoms in total. The molecule has 0 bridgehead atoms. The number of hydrogen-bond acceptors (Lipinski definition) is 5. The lowest BCUT2D eigenvalue weighted by Gasteiger charge is -2.10. The van der Waals surface area contributed by atoms with E-state index in [4.69, 9.17) is 17.3 Å². The maximum Gasteiger partial charge on any atom is 0.254 e. The van der Waals surface area contributed by atoms with Crippen molar-refractivity contribution in [1.29, 1.82) is 0 Å². The maximum atomic E-state index is 12.0. The van der Waals surface area contributed by atoms with Gasteiger partial charge in [0, 0.05) is 11.4 Å². The predicted molar refractivity (Wildman–Crippen MR) is 73.6 cm³/mol. The number of Topliss-reactive ketones (excluding diaryl/α,β-unsaturated/α-hetero) is 1. The van der Waals surface area contributed by atoms with Gasteiger partial charge in [0.25, 0.3) is 5.56 Å². The molecule has 2 rings (SSSR count). The molecule has 0 spiro atoms. The van der Waals surface area contributed by atoms with Crippen LogP contribution in [0.1, 0.15) is 17.4 Å². The molecule has 1 aromatic heterocycles. The molecule has 1 aromatic carbocycles. The summed E-state index contributed by atoms with van der Waals surface area (Å²) in [6, 6.07) is 6.57. The molecule has 0 aliphatic rings. The third-order valence-electron chi connectivity index (χ3n) is 2.68. The van der Waals surface area contributed by atoms with Gasteiger partial charge in [0.1, 0.15) is 11.9 Å². The Kier molecular flexibility index (Phi) is 4.16. The standard InChI is InChI=1S/C13H12ClN3O3/c14-8-3-1-7(2-4-8)5-9(18)12(15)13-16-10(19)6-11(20)17-13/h1-4,6,12H,5,15H2,(H2,16,17,19,20). The van der Waals surface area contributed by atoms with Crippen LogP contribution in [-0.4, -0.2) is 20.9 Å². The van der Waals surface area contributed by atoms with Crippen LogP contribution in [0, 0.1) is 0 Å². The van der Waals surface area contributed by atoms with E-state index in [0.717, 1.165) is 11.6 Å². The highest BCUT2D eigenvalue weighted by Crippen LogP contribution is 2.14. The SMILES string of the molecule is NC(C(=O)Cc1ccc(Cl)cc1)c1nc(O)cc(=O)[nH]1. The summed E-state index contributed by atoms with van der Waals surface area (Å²) in [6.45, 7) is 0. The largest absolute Gasteiger partial charge is 0.493 e. The van der Waals surface area contributed by atoms with Gasteiger partial charge in [-0.15, -0.1) is 0 Å². The smallest absolute Gasteiger partial charge is 0.254 e. The van der Waals surface area contributed by atoms with Crippen LogP contribution in [0.2, 0.25) is 5.02 Å². The number of nitrogens with two attached hydrogens (primary N) is 1. The fourth-order valence-corrected chi connectivity index (χ4v) is 1.80. The molecule has 0 saturated carbocycles. The van der Waals surface area contributed by atoms with Crippen LogP contribution >= 0.6 is 11.6 Å². The number of H-pyrrole nitrogens is 1. The summed E-state index contributed by atoms with van der Waals surface area (Å²) >= 11 is 5.75. The number of carbonyl (C=O) groups excluding carboxylic acids is 1. The van der Waals surface area contributed by atoms with Crippen LogP contribution in [0.15, 0.2) is 35.1 Å². The van der Waals surface area contributed by atoms with Gasteiger partial charge in [-0.25, -0.2) is 0 Å². The second kappa shape index (κ2) is 5.85. The molecule has 20 heavy (non-hydrogen) atoms. The monoisotopic (exact) mass is 293 g/mol. The summed E-state index contributed by atoms with van der Waals surface area (Å²) < 4.78 is 0. The van der Waals surface area contributed by atoms with Crippen LogP contribution in [0.5, 0.6) is 5.88 Å². The quantitative estimate of drug-likeness (QED) is 0.777. The summed E-state index contributed by atoms with van der Waals surface area (Å²) in [7, 11) is 0. The van der Waals surface area contributed by atoms with Gasteiger partial charge in [0.2, 0.25) is 5.88 Å². The van der Waals surface area contributed by atoms with E-state index in [-0.39, 0.29) is 18.0 Å². The van der Waals surface area contributed by atoms with Crippen LogP contribution in [0.4, 0.5) is 0 Å². The second-order valence-corrected chi connectivity index (χ2v) is 4.67. The molecule has 0 aliphatic carbocycles. The lowest BCUT2D eigenvalue weighted by atomic mass is 10.0. The zero-order chi connectivity index (χ0) is 14.7. The number of halogens is 1. The van der Waals surface area contributed by atoms with Crippen molar-refractivity contribution in [3.63, 3.8) is 0 Å². The summed E-state index contributed by atoms with van der Waals surface area (Å²) in [6.07, 6.45) is 0.0811. The number of nitrogens with zero attached hydrogens (tertiary/aromatic N) is 1. The normalized spacial score (nSPS) is 12.1. The summed E-state index contributed by atoms with van der Waals surface area (Å²) in [4.78, 5) is 29.2. The van der Waals surface area contributed by atoms with Crippen molar-refractivity contribution in [2.75, 3.05) is 0 Å². The first kappa shape index (κ1) is 14.2. The number of ketones is 1. The minimum Gasteiger partial charge on any atom is -0.493 e. The van der Waals surface area contributed by atoms with Crippen molar-refractivity contribution in [3.8, 4) is 5.88 Å². The van der Waals surface area contributed by atoms with Crippen molar-refractivity contribution >= 4 is 17.4 Å². The van der Waals surface area contributed by atoms with E-state index < -0.39 is 17.5 Å². The Balaban J connectivity index is 2.16. The van der Waals surface area contributed by atoms with Crippen molar-refractivity contribution in [3.05, 3.63) is 57.1 Å². The van der Waals surface area contributed by atoms with Gasteiger partial charge in [0.05, 0.1) is 6.07 Å². The Morgan fingerprint density at radius 3 is 2.65 bits per heavy atom. The molecule has 2 aromatic rings. The highest BCUT2D eigenvalue weighted by atomic mass is 35.5. The molecule has 0 amide bonds. The first-order valence-electron chi connectivity index (χ1n) is 5.78. The average molecular weight is 294 g/mol. The molecule has 0 radical (unpaired) electrons. The molecular weight excluding hydrogens is 282 g/mol. The number of carbonyl (C=O) groups is 1. The first-order valence-corrected chi connectivity index (χ1v) is 6.16. The predicted octanol–water partition coefficient (Wildman–Crippen LogP) is 0.940. The maximum absolute atomic E-state index is 12.0. The van der Waals surface area contributed by atoms with E-state index in [2.05, 4.69) is 9.97 Å². The highest BCUT2D eigenvalue weighted by Gasteiger charge is 2.19. The number of benzene rings is 1. The molecule has 1 unspecified atom stereocenters. The molecule has 104 valence electrons. The molecule has 1 atom stereocenters. The van der Waals surface area contributed by atoms with Gasteiger partial charge in [-0.1, -0.05) is 23.7 Å². The van der Waals surface area contributed by atoms with Crippen LogP contribution in [-0.2, 0) is 11.2 Å². The Hall–Kier alpha value is -2.18. The van der Waals surface area contributed by atoms with E-state index in [0.29, 0.717) is 5.02 Å². The van der Waals surface area contributed by atoms with E-state index in [1.54, 1.807) is 24.3 Å². The number of aromatic hydroxyl groups is 1. The third-order valence-corrected chi connectivity index (χ3v) is 2.93. The molecule has 0 saturated heterocycles. The number of rotatable bonds is 4. The zero-order valence-electron chi connectivity index (χ0n) is 10.3. The van der Waals surface area contributed by atoms with Crippen LogP contribution in [0.25, 0.3) is 0 Å². The summed E-state index contributed by atoms with van der Waals surface area (Å²) in [5.41, 5.74) is 5.91. The lowest BCUT2D eigenvalue weighted by molar-refractivity contribution is -0.119. The molecule has 1 heterocycles. The van der Waals surface area contributed by atoms with Crippen LogP contribution in [0.3, 0.4) is 0 Å². The van der Waals surface area contributed by atoms with Gasteiger partial charge in [0.15, 0.2) is 5.78 Å². The number of nitrogens with one attached hydrogen (secondary N) is 1. The second-order valence-electron chi connectivity index (χ2n) is 4.24. The number of aromatic amines is 1. The Bertz CT molecular complexity index is 682. The Labute approximate surface area is 119 Å². The minimum atomic E-state index is -1.11.